The first kappa shape index (κ1) is 19.9. The van der Waals surface area contributed by atoms with Gasteiger partial charge in [0.25, 0.3) is 5.91 Å². The fourth-order valence-corrected chi connectivity index (χ4v) is 5.63. The van der Waals surface area contributed by atoms with Gasteiger partial charge in [-0.05, 0) is 54.9 Å². The second-order valence-corrected chi connectivity index (χ2v) is 9.07. The highest BCUT2D eigenvalue weighted by molar-refractivity contribution is 8.19. The number of hydrogen-bond donors (Lipinski definition) is 1. The topological polar surface area (TPSA) is 56.1 Å². The molecule has 0 radical (unpaired) electrons. The van der Waals surface area contributed by atoms with Gasteiger partial charge >= 0.3 is 0 Å². The summed E-state index contributed by atoms with van der Waals surface area (Å²) in [4.78, 5) is 23.6. The van der Waals surface area contributed by atoms with Gasteiger partial charge in [0.2, 0.25) is 0 Å². The van der Waals surface area contributed by atoms with Gasteiger partial charge in [-0.2, -0.15) is 0 Å². The number of phenolic OH excluding ortho intramolecular Hbond substituents is 1. The SMILES string of the molecule is CCCCN1C(=O)C(=C2Sc3ccccc3N2C)SC1=Nc1ccc(C)cc1O. The number of para-hydroxylation sites is 1. The standard InChI is InChI=1S/C22H23N3O2S2/c1-4-5-12-25-20(27)19(21-24(3)16-8-6-7-9-18(16)28-21)29-22(25)23-15-11-10-14(2)13-17(15)26/h6-11,13,26H,4-5,12H2,1-3H3. The fraction of sp³-hybridized carbons (Fsp3) is 0.273. The van der Waals surface area contributed by atoms with E-state index in [1.807, 2.05) is 32.2 Å². The Morgan fingerprint density at radius 2 is 1.93 bits per heavy atom. The molecule has 4 rings (SSSR count). The van der Waals surface area contributed by atoms with Crippen LogP contribution >= 0.6 is 23.5 Å². The molecular formula is C22H23N3O2S2. The number of aromatic hydroxyl groups is 1. The minimum Gasteiger partial charge on any atom is -0.506 e. The van der Waals surface area contributed by atoms with Gasteiger partial charge < -0.3 is 10.0 Å². The number of anilines is 1. The van der Waals surface area contributed by atoms with E-state index in [1.165, 1.54) is 11.8 Å². The third kappa shape index (κ3) is 3.76. The Morgan fingerprint density at radius 1 is 1.14 bits per heavy atom. The molecule has 1 fully saturated rings. The Kier molecular flexibility index (Phi) is 5.61. The maximum atomic E-state index is 13.3. The minimum absolute atomic E-state index is 0.0176. The maximum Gasteiger partial charge on any atom is 0.269 e. The quantitative estimate of drug-likeness (QED) is 0.658. The van der Waals surface area contributed by atoms with Gasteiger partial charge in [-0.1, -0.05) is 43.3 Å². The van der Waals surface area contributed by atoms with Gasteiger partial charge in [-0.15, -0.1) is 0 Å². The van der Waals surface area contributed by atoms with Gasteiger partial charge in [0.15, 0.2) is 5.17 Å². The number of aryl methyl sites for hydroxylation is 1. The molecule has 2 aromatic carbocycles. The van der Waals surface area contributed by atoms with E-state index in [4.69, 9.17) is 0 Å². The van der Waals surface area contributed by atoms with Crippen molar-refractivity contribution in [3.63, 3.8) is 0 Å². The second-order valence-electron chi connectivity index (χ2n) is 7.06. The van der Waals surface area contributed by atoms with E-state index in [9.17, 15) is 9.90 Å². The first-order valence-electron chi connectivity index (χ1n) is 9.62. The average Bonchev–Trinajstić information content (AvgIpc) is 3.19. The number of hydrogen-bond acceptors (Lipinski definition) is 6. The monoisotopic (exact) mass is 425 g/mol. The molecule has 0 saturated carbocycles. The van der Waals surface area contributed by atoms with Crippen molar-refractivity contribution in [2.24, 2.45) is 4.99 Å². The first-order valence-corrected chi connectivity index (χ1v) is 11.3. The van der Waals surface area contributed by atoms with E-state index in [2.05, 4.69) is 28.9 Å². The summed E-state index contributed by atoms with van der Waals surface area (Å²) in [7, 11) is 1.99. The molecule has 0 atom stereocenters. The van der Waals surface area contributed by atoms with E-state index in [0.717, 1.165) is 34.0 Å². The number of carbonyl (C=O) groups excluding carboxylic acids is 1. The predicted molar refractivity (Wildman–Crippen MR) is 122 cm³/mol. The normalized spacial score (nSPS) is 20.1. The molecule has 7 heteroatoms. The van der Waals surface area contributed by atoms with Gasteiger partial charge in [0, 0.05) is 18.5 Å². The molecule has 0 aromatic heterocycles. The number of nitrogens with zero attached hydrogens (tertiary/aromatic N) is 3. The number of thioether (sulfide) groups is 2. The zero-order valence-electron chi connectivity index (χ0n) is 16.7. The lowest BCUT2D eigenvalue weighted by Gasteiger charge is -2.16. The van der Waals surface area contributed by atoms with Crippen LogP contribution in [0.3, 0.4) is 0 Å². The molecule has 2 aliphatic heterocycles. The van der Waals surface area contributed by atoms with Crippen LogP contribution in [0.4, 0.5) is 11.4 Å². The van der Waals surface area contributed by atoms with Crippen LogP contribution in [0.25, 0.3) is 0 Å². The summed E-state index contributed by atoms with van der Waals surface area (Å²) < 4.78 is 0. The predicted octanol–water partition coefficient (Wildman–Crippen LogP) is 5.47. The van der Waals surface area contributed by atoms with Crippen LogP contribution in [0.2, 0.25) is 0 Å². The van der Waals surface area contributed by atoms with Crippen LogP contribution < -0.4 is 4.90 Å². The van der Waals surface area contributed by atoms with Crippen LogP contribution in [0.5, 0.6) is 5.75 Å². The van der Waals surface area contributed by atoms with Crippen LogP contribution in [0.15, 0.2) is 62.3 Å². The van der Waals surface area contributed by atoms with Crippen LogP contribution in [-0.4, -0.2) is 34.7 Å². The van der Waals surface area contributed by atoms with E-state index < -0.39 is 0 Å². The van der Waals surface area contributed by atoms with Crippen molar-refractivity contribution in [3.8, 4) is 5.75 Å². The second kappa shape index (κ2) is 8.16. The van der Waals surface area contributed by atoms with Crippen LogP contribution in [-0.2, 0) is 4.79 Å². The number of fused-ring (bicyclic) bond motifs is 1. The summed E-state index contributed by atoms with van der Waals surface area (Å²) in [5, 5.41) is 11.8. The van der Waals surface area contributed by atoms with E-state index in [0.29, 0.717) is 22.3 Å². The van der Waals surface area contributed by atoms with Gasteiger partial charge in [-0.25, -0.2) is 4.99 Å². The molecule has 2 aromatic rings. The van der Waals surface area contributed by atoms with Crippen molar-refractivity contribution >= 4 is 46.0 Å². The number of phenols is 1. The zero-order valence-corrected chi connectivity index (χ0v) is 18.3. The van der Waals surface area contributed by atoms with Crippen molar-refractivity contribution in [2.75, 3.05) is 18.5 Å². The van der Waals surface area contributed by atoms with E-state index >= 15 is 0 Å². The molecule has 0 bridgehead atoms. The number of rotatable bonds is 4. The molecular weight excluding hydrogens is 402 g/mol. The number of carbonyl (C=O) groups is 1. The molecule has 0 spiro atoms. The maximum absolute atomic E-state index is 13.3. The number of amides is 1. The number of unbranched alkanes of at least 4 members (excludes halogenated alkanes) is 1. The zero-order chi connectivity index (χ0) is 20.5. The lowest BCUT2D eigenvalue weighted by molar-refractivity contribution is -0.122. The summed E-state index contributed by atoms with van der Waals surface area (Å²) in [6, 6.07) is 13.5. The highest BCUT2D eigenvalue weighted by atomic mass is 32.2. The van der Waals surface area contributed by atoms with Crippen LogP contribution in [0.1, 0.15) is 25.3 Å². The Hall–Kier alpha value is -2.38. The third-order valence-corrected chi connectivity index (χ3v) is 7.31. The van der Waals surface area contributed by atoms with E-state index in [1.54, 1.807) is 28.8 Å². The molecule has 0 unspecified atom stereocenters. The van der Waals surface area contributed by atoms with Crippen molar-refractivity contribution in [3.05, 3.63) is 58.0 Å². The highest BCUT2D eigenvalue weighted by Gasteiger charge is 2.38. The van der Waals surface area contributed by atoms with Crippen molar-refractivity contribution in [2.45, 2.75) is 31.6 Å². The summed E-state index contributed by atoms with van der Waals surface area (Å²) in [6.07, 6.45) is 1.89. The largest absolute Gasteiger partial charge is 0.506 e. The Morgan fingerprint density at radius 3 is 2.66 bits per heavy atom. The van der Waals surface area contributed by atoms with Gasteiger partial charge in [-0.3, -0.25) is 9.69 Å². The summed E-state index contributed by atoms with van der Waals surface area (Å²) >= 11 is 3.01. The Labute approximate surface area is 179 Å². The number of aliphatic imine (C=N–C) groups is 1. The van der Waals surface area contributed by atoms with Crippen molar-refractivity contribution in [1.82, 2.24) is 4.90 Å². The van der Waals surface area contributed by atoms with Gasteiger partial charge in [0.1, 0.15) is 16.3 Å². The Bertz CT molecular complexity index is 1030. The smallest absolute Gasteiger partial charge is 0.269 e. The summed E-state index contributed by atoms with van der Waals surface area (Å²) in [6.45, 7) is 4.64. The first-order chi connectivity index (χ1) is 14.0. The minimum atomic E-state index is -0.0176. The van der Waals surface area contributed by atoms with Crippen LogP contribution in [0, 0.1) is 6.92 Å². The molecule has 2 aliphatic rings. The molecule has 2 heterocycles. The molecule has 0 aliphatic carbocycles. The average molecular weight is 426 g/mol. The van der Waals surface area contributed by atoms with Gasteiger partial charge in [0.05, 0.1) is 10.7 Å². The highest BCUT2D eigenvalue weighted by Crippen LogP contribution is 2.50. The lowest BCUT2D eigenvalue weighted by atomic mass is 10.2. The van der Waals surface area contributed by atoms with Crippen molar-refractivity contribution < 1.29 is 9.90 Å². The molecule has 1 saturated heterocycles. The third-order valence-electron chi connectivity index (χ3n) is 4.88. The molecule has 5 nitrogen and oxygen atoms in total. The number of amidine groups is 1. The summed E-state index contributed by atoms with van der Waals surface area (Å²) in [5.74, 6) is 0.109. The molecule has 150 valence electrons. The molecule has 1 amide bonds. The molecule has 1 N–H and O–H groups in total. The lowest BCUT2D eigenvalue weighted by Crippen LogP contribution is -2.30. The summed E-state index contributed by atoms with van der Waals surface area (Å²) in [5.41, 5.74) is 2.55. The fourth-order valence-electron chi connectivity index (χ4n) is 3.26. The van der Waals surface area contributed by atoms with E-state index in [-0.39, 0.29) is 11.7 Å². The number of benzene rings is 2. The van der Waals surface area contributed by atoms with Crippen molar-refractivity contribution in [1.29, 1.82) is 0 Å². The molecule has 29 heavy (non-hydrogen) atoms. The Balaban J connectivity index is 1.73.